The number of fused-ring (bicyclic) bond motifs is 1. The molecule has 0 unspecified atom stereocenters. The Morgan fingerprint density at radius 1 is 0.720 bits per heavy atom. The molecule has 0 aliphatic heterocycles. The van der Waals surface area contributed by atoms with Crippen LogP contribution in [0.3, 0.4) is 0 Å². The van der Waals surface area contributed by atoms with Crippen molar-refractivity contribution in [3.8, 4) is 11.1 Å². The zero-order valence-electron chi connectivity index (χ0n) is 15.1. The Morgan fingerprint density at radius 2 is 1.32 bits per heavy atom. The second-order valence-electron chi connectivity index (χ2n) is 6.83. The smallest absolute Gasteiger partial charge is 0.0518 e. The molecule has 0 N–H and O–H groups in total. The summed E-state index contributed by atoms with van der Waals surface area (Å²) in [6.07, 6.45) is 0.940. The molecule has 4 rings (SSSR count). The number of aryl methyl sites for hydroxylation is 3. The normalized spacial score (nSPS) is 11.2. The molecule has 1 nitrogen and oxygen atoms in total. The van der Waals surface area contributed by atoms with Gasteiger partial charge in [-0.3, -0.25) is 0 Å². The average Bonchev–Trinajstić information content (AvgIpc) is 2.94. The Bertz CT molecular complexity index is 1020. The van der Waals surface area contributed by atoms with Crippen molar-refractivity contribution < 1.29 is 0 Å². The first-order chi connectivity index (χ1) is 12.2. The van der Waals surface area contributed by atoms with Gasteiger partial charge in [0.25, 0.3) is 0 Å². The third-order valence-corrected chi connectivity index (χ3v) is 5.14. The van der Waals surface area contributed by atoms with Crippen LogP contribution < -0.4 is 0 Å². The molecule has 0 atom stereocenters. The molecule has 0 fully saturated rings. The molecule has 25 heavy (non-hydrogen) atoms. The van der Waals surface area contributed by atoms with Crippen LogP contribution in [-0.2, 0) is 13.5 Å². The van der Waals surface area contributed by atoms with Gasteiger partial charge in [0.05, 0.1) is 5.52 Å². The Balaban J connectivity index is 2.05. The molecule has 1 aromatic heterocycles. The summed E-state index contributed by atoms with van der Waals surface area (Å²) in [6, 6.07) is 26.0. The van der Waals surface area contributed by atoms with Crippen molar-refractivity contribution in [3.63, 3.8) is 0 Å². The summed E-state index contributed by atoms with van der Waals surface area (Å²) in [6.45, 7) is 4.43. The Kier molecular flexibility index (Phi) is 3.93. The highest BCUT2D eigenvalue weighted by Crippen LogP contribution is 2.38. The maximum atomic E-state index is 2.40. The van der Waals surface area contributed by atoms with Crippen molar-refractivity contribution in [2.75, 3.05) is 0 Å². The van der Waals surface area contributed by atoms with Gasteiger partial charge in [-0.25, -0.2) is 0 Å². The van der Waals surface area contributed by atoms with E-state index in [4.69, 9.17) is 0 Å². The Hall–Kier alpha value is -2.80. The Labute approximate surface area is 149 Å². The summed E-state index contributed by atoms with van der Waals surface area (Å²) in [7, 11) is 2.21. The highest BCUT2D eigenvalue weighted by atomic mass is 15.0. The number of rotatable bonds is 3. The number of hydrogen-bond donors (Lipinski definition) is 0. The summed E-state index contributed by atoms with van der Waals surface area (Å²) >= 11 is 0. The van der Waals surface area contributed by atoms with Gasteiger partial charge < -0.3 is 4.57 Å². The SMILES string of the molecule is Cc1ccc(C)c2c1c(-c1ccccc1)c(Cc1ccccc1)n2C. The van der Waals surface area contributed by atoms with E-state index in [9.17, 15) is 0 Å². The molecule has 124 valence electrons. The largest absolute Gasteiger partial charge is 0.346 e. The van der Waals surface area contributed by atoms with E-state index in [1.165, 1.54) is 44.4 Å². The van der Waals surface area contributed by atoms with Crippen LogP contribution in [0.2, 0.25) is 0 Å². The van der Waals surface area contributed by atoms with E-state index in [0.29, 0.717) is 0 Å². The van der Waals surface area contributed by atoms with Gasteiger partial charge in [0.15, 0.2) is 0 Å². The quantitative estimate of drug-likeness (QED) is 0.432. The minimum atomic E-state index is 0.940. The lowest BCUT2D eigenvalue weighted by molar-refractivity contribution is 0.879. The zero-order chi connectivity index (χ0) is 17.4. The van der Waals surface area contributed by atoms with Crippen molar-refractivity contribution in [2.45, 2.75) is 20.3 Å². The van der Waals surface area contributed by atoms with E-state index in [-0.39, 0.29) is 0 Å². The van der Waals surface area contributed by atoms with E-state index >= 15 is 0 Å². The molecule has 0 spiro atoms. The predicted octanol–water partition coefficient (Wildman–Crippen LogP) is 6.05. The molecule has 3 aromatic carbocycles. The van der Waals surface area contributed by atoms with Crippen molar-refractivity contribution in [3.05, 3.63) is 95.2 Å². The predicted molar refractivity (Wildman–Crippen MR) is 107 cm³/mol. The fraction of sp³-hybridized carbons (Fsp3) is 0.167. The fourth-order valence-electron chi connectivity index (χ4n) is 3.90. The van der Waals surface area contributed by atoms with E-state index < -0.39 is 0 Å². The summed E-state index contributed by atoms with van der Waals surface area (Å²) < 4.78 is 2.40. The summed E-state index contributed by atoms with van der Waals surface area (Å²) in [5.41, 5.74) is 9.43. The molecule has 0 saturated carbocycles. The first-order valence-electron chi connectivity index (χ1n) is 8.83. The van der Waals surface area contributed by atoms with Gasteiger partial charge in [-0.1, -0.05) is 72.8 Å². The monoisotopic (exact) mass is 325 g/mol. The van der Waals surface area contributed by atoms with Crippen molar-refractivity contribution >= 4 is 10.9 Å². The lowest BCUT2D eigenvalue weighted by Crippen LogP contribution is -1.99. The lowest BCUT2D eigenvalue weighted by Gasteiger charge is -2.09. The van der Waals surface area contributed by atoms with Gasteiger partial charge in [0, 0.05) is 30.1 Å². The molecule has 0 radical (unpaired) electrons. The highest BCUT2D eigenvalue weighted by Gasteiger charge is 2.19. The van der Waals surface area contributed by atoms with Gasteiger partial charge in [-0.15, -0.1) is 0 Å². The molecular weight excluding hydrogens is 302 g/mol. The molecule has 0 bridgehead atoms. The summed E-state index contributed by atoms with van der Waals surface area (Å²) in [5.74, 6) is 0. The van der Waals surface area contributed by atoms with E-state index in [1.807, 2.05) is 0 Å². The highest BCUT2D eigenvalue weighted by molar-refractivity contribution is 6.01. The lowest BCUT2D eigenvalue weighted by atomic mass is 9.95. The molecule has 0 aliphatic carbocycles. The summed E-state index contributed by atoms with van der Waals surface area (Å²) in [5, 5.41) is 1.39. The zero-order valence-corrected chi connectivity index (χ0v) is 15.1. The third-order valence-electron chi connectivity index (χ3n) is 5.14. The maximum Gasteiger partial charge on any atom is 0.0518 e. The van der Waals surface area contributed by atoms with E-state index in [1.54, 1.807) is 0 Å². The number of nitrogens with zero attached hydrogens (tertiary/aromatic N) is 1. The first kappa shape index (κ1) is 15.7. The fourth-order valence-corrected chi connectivity index (χ4v) is 3.90. The molecule has 1 heterocycles. The van der Waals surface area contributed by atoms with Gasteiger partial charge in [0.1, 0.15) is 0 Å². The van der Waals surface area contributed by atoms with Crippen LogP contribution in [0, 0.1) is 13.8 Å². The van der Waals surface area contributed by atoms with Crippen molar-refractivity contribution in [1.82, 2.24) is 4.57 Å². The first-order valence-corrected chi connectivity index (χ1v) is 8.83. The molecule has 0 amide bonds. The standard InChI is InChI=1S/C24H23N/c1-17-14-15-18(2)24-22(17)23(20-12-8-5-9-13-20)21(25(24)3)16-19-10-6-4-7-11-19/h4-15H,16H2,1-3H3. The third kappa shape index (κ3) is 2.66. The average molecular weight is 325 g/mol. The van der Waals surface area contributed by atoms with Gasteiger partial charge >= 0.3 is 0 Å². The molecular formula is C24H23N. The van der Waals surface area contributed by atoms with Crippen LogP contribution in [-0.4, -0.2) is 4.57 Å². The van der Waals surface area contributed by atoms with E-state index in [2.05, 4.69) is 98.3 Å². The van der Waals surface area contributed by atoms with Gasteiger partial charge in [-0.2, -0.15) is 0 Å². The van der Waals surface area contributed by atoms with Crippen LogP contribution in [0.15, 0.2) is 72.8 Å². The second kappa shape index (κ2) is 6.25. The van der Waals surface area contributed by atoms with Gasteiger partial charge in [0.2, 0.25) is 0 Å². The minimum absolute atomic E-state index is 0.940. The van der Waals surface area contributed by atoms with Crippen LogP contribution >= 0.6 is 0 Å². The second-order valence-corrected chi connectivity index (χ2v) is 6.83. The molecule has 0 aliphatic rings. The van der Waals surface area contributed by atoms with E-state index in [0.717, 1.165) is 6.42 Å². The molecule has 0 saturated heterocycles. The number of benzene rings is 3. The summed E-state index contributed by atoms with van der Waals surface area (Å²) in [4.78, 5) is 0. The van der Waals surface area contributed by atoms with Crippen LogP contribution in [0.5, 0.6) is 0 Å². The molecule has 4 aromatic rings. The van der Waals surface area contributed by atoms with Gasteiger partial charge in [-0.05, 0) is 36.1 Å². The molecule has 1 heteroatoms. The maximum absolute atomic E-state index is 2.40. The van der Waals surface area contributed by atoms with Crippen LogP contribution in [0.4, 0.5) is 0 Å². The minimum Gasteiger partial charge on any atom is -0.346 e. The number of aromatic nitrogens is 1. The topological polar surface area (TPSA) is 4.93 Å². The Morgan fingerprint density at radius 3 is 2.00 bits per heavy atom. The van der Waals surface area contributed by atoms with Crippen molar-refractivity contribution in [1.29, 1.82) is 0 Å². The van der Waals surface area contributed by atoms with Crippen LogP contribution in [0.1, 0.15) is 22.4 Å². The van der Waals surface area contributed by atoms with Crippen molar-refractivity contribution in [2.24, 2.45) is 7.05 Å². The number of hydrogen-bond acceptors (Lipinski definition) is 0. The van der Waals surface area contributed by atoms with Crippen LogP contribution in [0.25, 0.3) is 22.0 Å².